The summed E-state index contributed by atoms with van der Waals surface area (Å²) in [5.74, 6) is -0.422. The summed E-state index contributed by atoms with van der Waals surface area (Å²) in [7, 11) is 1.61. The Morgan fingerprint density at radius 2 is 1.96 bits per heavy atom. The van der Waals surface area contributed by atoms with Crippen LogP contribution in [-0.4, -0.2) is 48.5 Å². The molecule has 0 bridgehead atoms. The standard InChI is InChI=1S/C18H23N3O3S/c1-13-5-7-15(8-6-13)17(23)21(9-4-10-24-3)11-16(22)20-18-19-14(2)12-25-18/h5-8,12H,4,9-11H2,1-3H3,(H,19,20,22). The van der Waals surface area contributed by atoms with Crippen molar-refractivity contribution in [2.45, 2.75) is 20.3 Å². The summed E-state index contributed by atoms with van der Waals surface area (Å²) in [6.45, 7) is 4.79. The van der Waals surface area contributed by atoms with Crippen LogP contribution < -0.4 is 5.32 Å². The highest BCUT2D eigenvalue weighted by atomic mass is 32.1. The Labute approximate surface area is 151 Å². The first kappa shape index (κ1) is 19.1. The number of hydrogen-bond acceptors (Lipinski definition) is 5. The highest BCUT2D eigenvalue weighted by molar-refractivity contribution is 7.13. The summed E-state index contributed by atoms with van der Waals surface area (Å²) in [6, 6.07) is 7.34. The minimum atomic E-state index is -0.257. The van der Waals surface area contributed by atoms with E-state index in [1.165, 1.54) is 11.3 Å². The zero-order valence-corrected chi connectivity index (χ0v) is 15.6. The molecule has 2 aromatic rings. The fourth-order valence-electron chi connectivity index (χ4n) is 2.27. The quantitative estimate of drug-likeness (QED) is 0.734. The molecule has 2 amide bonds. The molecule has 0 saturated carbocycles. The van der Waals surface area contributed by atoms with E-state index in [4.69, 9.17) is 4.74 Å². The van der Waals surface area contributed by atoms with E-state index in [9.17, 15) is 9.59 Å². The van der Waals surface area contributed by atoms with Crippen molar-refractivity contribution in [1.82, 2.24) is 9.88 Å². The van der Waals surface area contributed by atoms with Crippen molar-refractivity contribution in [3.05, 3.63) is 46.5 Å². The molecule has 134 valence electrons. The lowest BCUT2D eigenvalue weighted by Crippen LogP contribution is -2.39. The molecular weight excluding hydrogens is 338 g/mol. The van der Waals surface area contributed by atoms with E-state index < -0.39 is 0 Å². The van der Waals surface area contributed by atoms with Crippen molar-refractivity contribution in [2.24, 2.45) is 0 Å². The van der Waals surface area contributed by atoms with E-state index in [2.05, 4.69) is 10.3 Å². The number of amides is 2. The van der Waals surface area contributed by atoms with Crippen LogP contribution in [0.5, 0.6) is 0 Å². The molecular formula is C18H23N3O3S. The first-order chi connectivity index (χ1) is 12.0. The van der Waals surface area contributed by atoms with E-state index in [0.717, 1.165) is 11.3 Å². The van der Waals surface area contributed by atoms with E-state index in [1.807, 2.05) is 31.4 Å². The summed E-state index contributed by atoms with van der Waals surface area (Å²) in [4.78, 5) is 30.8. The first-order valence-electron chi connectivity index (χ1n) is 8.06. The van der Waals surface area contributed by atoms with Crippen LogP contribution >= 0.6 is 11.3 Å². The van der Waals surface area contributed by atoms with Crippen molar-refractivity contribution in [2.75, 3.05) is 32.1 Å². The number of carbonyl (C=O) groups excluding carboxylic acids is 2. The second kappa shape index (κ2) is 9.29. The molecule has 0 aliphatic rings. The third-order valence-corrected chi connectivity index (χ3v) is 4.44. The smallest absolute Gasteiger partial charge is 0.254 e. The number of nitrogens with one attached hydrogen (secondary N) is 1. The van der Waals surface area contributed by atoms with Gasteiger partial charge in [0.2, 0.25) is 5.91 Å². The Hall–Kier alpha value is -2.25. The van der Waals surface area contributed by atoms with Crippen LogP contribution in [0.15, 0.2) is 29.6 Å². The number of rotatable bonds is 8. The summed E-state index contributed by atoms with van der Waals surface area (Å²) >= 11 is 1.37. The average Bonchev–Trinajstić information content (AvgIpc) is 2.99. The van der Waals surface area contributed by atoms with Crippen LogP contribution in [0.3, 0.4) is 0 Å². The first-order valence-corrected chi connectivity index (χ1v) is 8.94. The predicted molar refractivity (Wildman–Crippen MR) is 99.1 cm³/mol. The largest absolute Gasteiger partial charge is 0.385 e. The van der Waals surface area contributed by atoms with Gasteiger partial charge in [-0.3, -0.25) is 9.59 Å². The van der Waals surface area contributed by atoms with Gasteiger partial charge in [0.15, 0.2) is 5.13 Å². The van der Waals surface area contributed by atoms with E-state index in [-0.39, 0.29) is 18.4 Å². The lowest BCUT2D eigenvalue weighted by Gasteiger charge is -2.22. The zero-order valence-electron chi connectivity index (χ0n) is 14.7. The number of hydrogen-bond donors (Lipinski definition) is 1. The van der Waals surface area contributed by atoms with Gasteiger partial charge in [-0.25, -0.2) is 4.98 Å². The molecule has 0 saturated heterocycles. The molecule has 25 heavy (non-hydrogen) atoms. The molecule has 0 fully saturated rings. The molecule has 1 N–H and O–H groups in total. The Morgan fingerprint density at radius 1 is 1.24 bits per heavy atom. The van der Waals surface area contributed by atoms with Crippen molar-refractivity contribution < 1.29 is 14.3 Å². The molecule has 6 nitrogen and oxygen atoms in total. The van der Waals surface area contributed by atoms with Gasteiger partial charge in [0.1, 0.15) is 6.54 Å². The van der Waals surface area contributed by atoms with Crippen molar-refractivity contribution in [1.29, 1.82) is 0 Å². The lowest BCUT2D eigenvalue weighted by atomic mass is 10.1. The summed E-state index contributed by atoms with van der Waals surface area (Å²) in [5.41, 5.74) is 2.51. The molecule has 7 heteroatoms. The number of thiazole rings is 1. The van der Waals surface area contributed by atoms with Gasteiger partial charge in [0, 0.05) is 31.2 Å². The Balaban J connectivity index is 2.04. The van der Waals surface area contributed by atoms with Crippen molar-refractivity contribution >= 4 is 28.3 Å². The van der Waals surface area contributed by atoms with E-state index in [0.29, 0.717) is 30.3 Å². The summed E-state index contributed by atoms with van der Waals surface area (Å²) in [6.07, 6.45) is 0.664. The maximum absolute atomic E-state index is 12.7. The average molecular weight is 361 g/mol. The molecule has 0 atom stereocenters. The van der Waals surface area contributed by atoms with Gasteiger partial charge >= 0.3 is 0 Å². The maximum Gasteiger partial charge on any atom is 0.254 e. The van der Waals surface area contributed by atoms with Crippen LogP contribution in [-0.2, 0) is 9.53 Å². The van der Waals surface area contributed by atoms with Gasteiger partial charge in [0.25, 0.3) is 5.91 Å². The Morgan fingerprint density at radius 3 is 2.56 bits per heavy atom. The number of carbonyl (C=O) groups is 2. The molecule has 1 aromatic heterocycles. The number of ether oxygens (including phenoxy) is 1. The maximum atomic E-state index is 12.7. The lowest BCUT2D eigenvalue weighted by molar-refractivity contribution is -0.116. The topological polar surface area (TPSA) is 71.5 Å². The van der Waals surface area contributed by atoms with Gasteiger partial charge < -0.3 is 15.0 Å². The number of aryl methyl sites for hydroxylation is 2. The highest BCUT2D eigenvalue weighted by Gasteiger charge is 2.19. The second-order valence-electron chi connectivity index (χ2n) is 5.78. The van der Waals surface area contributed by atoms with Crippen LogP contribution in [0.1, 0.15) is 28.0 Å². The van der Waals surface area contributed by atoms with Gasteiger partial charge in [0.05, 0.1) is 5.69 Å². The SMILES string of the molecule is COCCCN(CC(=O)Nc1nc(C)cs1)C(=O)c1ccc(C)cc1. The molecule has 2 rings (SSSR count). The molecule has 0 spiro atoms. The van der Waals surface area contributed by atoms with E-state index in [1.54, 1.807) is 24.1 Å². The Kier molecular flexibility index (Phi) is 7.09. The fourth-order valence-corrected chi connectivity index (χ4v) is 2.98. The monoisotopic (exact) mass is 361 g/mol. The van der Waals surface area contributed by atoms with Crippen molar-refractivity contribution in [3.8, 4) is 0 Å². The summed E-state index contributed by atoms with van der Waals surface area (Å²) in [5, 5.41) is 5.15. The molecule has 1 aromatic carbocycles. The molecule has 0 radical (unpaired) electrons. The highest BCUT2D eigenvalue weighted by Crippen LogP contribution is 2.14. The number of aromatic nitrogens is 1. The number of benzene rings is 1. The van der Waals surface area contributed by atoms with Crippen LogP contribution in [0.4, 0.5) is 5.13 Å². The third kappa shape index (κ3) is 5.95. The fraction of sp³-hybridized carbons (Fsp3) is 0.389. The minimum Gasteiger partial charge on any atom is -0.385 e. The second-order valence-corrected chi connectivity index (χ2v) is 6.64. The number of nitrogens with zero attached hydrogens (tertiary/aromatic N) is 2. The van der Waals surface area contributed by atoms with Gasteiger partial charge in [-0.2, -0.15) is 0 Å². The molecule has 1 heterocycles. The normalized spacial score (nSPS) is 10.5. The molecule has 0 aliphatic heterocycles. The van der Waals surface area contributed by atoms with Gasteiger partial charge in [-0.1, -0.05) is 17.7 Å². The van der Waals surface area contributed by atoms with Gasteiger partial charge in [-0.15, -0.1) is 11.3 Å². The van der Waals surface area contributed by atoms with Crippen LogP contribution in [0, 0.1) is 13.8 Å². The summed E-state index contributed by atoms with van der Waals surface area (Å²) < 4.78 is 5.05. The molecule has 0 unspecified atom stereocenters. The van der Waals surface area contributed by atoms with Crippen LogP contribution in [0.25, 0.3) is 0 Å². The number of anilines is 1. The van der Waals surface area contributed by atoms with E-state index >= 15 is 0 Å². The van der Waals surface area contributed by atoms with Crippen LogP contribution in [0.2, 0.25) is 0 Å². The van der Waals surface area contributed by atoms with Crippen molar-refractivity contribution in [3.63, 3.8) is 0 Å². The molecule has 0 aliphatic carbocycles. The zero-order chi connectivity index (χ0) is 18.2. The third-order valence-electron chi connectivity index (χ3n) is 3.56. The van der Waals surface area contributed by atoms with Gasteiger partial charge in [-0.05, 0) is 32.4 Å². The Bertz CT molecular complexity index is 713. The minimum absolute atomic E-state index is 0.0188. The number of methoxy groups -OCH3 is 1. The predicted octanol–water partition coefficient (Wildman–Crippen LogP) is 2.88.